The van der Waals surface area contributed by atoms with E-state index < -0.39 is 6.10 Å². The van der Waals surface area contributed by atoms with Gasteiger partial charge in [-0.1, -0.05) is 290 Å². The molecule has 0 saturated carbocycles. The molecule has 0 fully saturated rings. The molecule has 0 aromatic heterocycles. The van der Waals surface area contributed by atoms with Gasteiger partial charge in [0.1, 0.15) is 13.2 Å². The van der Waals surface area contributed by atoms with Gasteiger partial charge in [0.25, 0.3) is 0 Å². The van der Waals surface area contributed by atoms with E-state index in [1.165, 1.54) is 225 Å². The maximum absolute atomic E-state index is 12.7. The Kier molecular flexibility index (Phi) is 54.2. The largest absolute Gasteiger partial charge is 0.462 e. The van der Waals surface area contributed by atoms with Crippen LogP contribution >= 0.6 is 0 Å². The lowest BCUT2D eigenvalue weighted by Crippen LogP contribution is -2.30. The van der Waals surface area contributed by atoms with Gasteiger partial charge in [-0.2, -0.15) is 0 Å². The number of rotatable bonds is 55. The molecule has 0 heterocycles. The van der Waals surface area contributed by atoms with Crippen LogP contribution in [0.1, 0.15) is 335 Å². The van der Waals surface area contributed by atoms with Crippen LogP contribution in [0.3, 0.4) is 0 Å². The van der Waals surface area contributed by atoms with Crippen molar-refractivity contribution in [3.05, 3.63) is 12.2 Å². The first-order valence-electron chi connectivity index (χ1n) is 29.7. The summed E-state index contributed by atoms with van der Waals surface area (Å²) in [6.07, 6.45) is 64.2. The third kappa shape index (κ3) is 53.1. The van der Waals surface area contributed by atoms with E-state index in [9.17, 15) is 14.4 Å². The zero-order valence-corrected chi connectivity index (χ0v) is 44.7. The van der Waals surface area contributed by atoms with Crippen molar-refractivity contribution in [2.75, 3.05) is 13.2 Å². The normalized spacial score (nSPS) is 12.0. The number of unbranched alkanes of at least 4 members (excludes halogenated alkanes) is 42. The van der Waals surface area contributed by atoms with Gasteiger partial charge in [0.2, 0.25) is 0 Å². The van der Waals surface area contributed by atoms with Crippen molar-refractivity contribution >= 4 is 17.9 Å². The monoisotopic (exact) mass is 931 g/mol. The Labute approximate surface area is 411 Å². The van der Waals surface area contributed by atoms with Crippen LogP contribution in [0.15, 0.2) is 12.2 Å². The fourth-order valence-electron chi connectivity index (χ4n) is 9.04. The predicted molar refractivity (Wildman–Crippen MR) is 284 cm³/mol. The van der Waals surface area contributed by atoms with Crippen LogP contribution in [0.5, 0.6) is 0 Å². The molecule has 0 aliphatic heterocycles. The summed E-state index contributed by atoms with van der Waals surface area (Å²) in [6.45, 7) is 6.57. The molecule has 0 aromatic rings. The highest BCUT2D eigenvalue weighted by atomic mass is 16.6. The molecule has 6 heteroatoms. The highest BCUT2D eigenvalue weighted by Gasteiger charge is 2.19. The zero-order valence-electron chi connectivity index (χ0n) is 44.7. The average Bonchev–Trinajstić information content (AvgIpc) is 3.31. The Balaban J connectivity index is 3.87. The molecule has 0 radical (unpaired) electrons. The average molecular weight is 932 g/mol. The lowest BCUT2D eigenvalue weighted by atomic mass is 10.0. The summed E-state index contributed by atoms with van der Waals surface area (Å²) in [4.78, 5) is 37.8. The van der Waals surface area contributed by atoms with Crippen molar-refractivity contribution in [1.82, 2.24) is 0 Å². The van der Waals surface area contributed by atoms with Crippen LogP contribution in [0.25, 0.3) is 0 Å². The topological polar surface area (TPSA) is 78.9 Å². The van der Waals surface area contributed by atoms with Crippen molar-refractivity contribution in [3.63, 3.8) is 0 Å². The first-order valence-corrected chi connectivity index (χ1v) is 29.7. The number of hydrogen-bond acceptors (Lipinski definition) is 6. The second-order valence-electron chi connectivity index (χ2n) is 20.3. The third-order valence-electron chi connectivity index (χ3n) is 13.5. The molecule has 0 saturated heterocycles. The van der Waals surface area contributed by atoms with Crippen molar-refractivity contribution in [2.24, 2.45) is 0 Å². The van der Waals surface area contributed by atoms with E-state index in [4.69, 9.17) is 14.2 Å². The number of carbonyl (C=O) groups is 3. The summed E-state index contributed by atoms with van der Waals surface area (Å²) in [7, 11) is 0. The summed E-state index contributed by atoms with van der Waals surface area (Å²) < 4.78 is 16.7. The molecule has 0 bridgehead atoms. The predicted octanol–water partition coefficient (Wildman–Crippen LogP) is 19.7. The lowest BCUT2D eigenvalue weighted by molar-refractivity contribution is -0.167. The molecule has 1 unspecified atom stereocenters. The molecule has 0 aliphatic rings. The van der Waals surface area contributed by atoms with Crippen LogP contribution in [0.2, 0.25) is 0 Å². The Hall–Kier alpha value is -1.85. The minimum absolute atomic E-state index is 0.0690. The van der Waals surface area contributed by atoms with Gasteiger partial charge >= 0.3 is 17.9 Å². The van der Waals surface area contributed by atoms with Gasteiger partial charge in [0.15, 0.2) is 6.10 Å². The third-order valence-corrected chi connectivity index (χ3v) is 13.5. The molecule has 0 N–H and O–H groups in total. The second-order valence-corrected chi connectivity index (χ2v) is 20.3. The smallest absolute Gasteiger partial charge is 0.306 e. The Morgan fingerprint density at radius 3 is 0.818 bits per heavy atom. The fraction of sp³-hybridized carbons (Fsp3) is 0.917. The van der Waals surface area contributed by atoms with Crippen molar-refractivity contribution in [2.45, 2.75) is 341 Å². The number of carbonyl (C=O) groups excluding carboxylic acids is 3. The van der Waals surface area contributed by atoms with Crippen LogP contribution in [0, 0.1) is 0 Å². The second kappa shape index (κ2) is 55.7. The van der Waals surface area contributed by atoms with Gasteiger partial charge in [0, 0.05) is 19.3 Å². The van der Waals surface area contributed by atoms with E-state index in [0.29, 0.717) is 19.3 Å². The summed E-state index contributed by atoms with van der Waals surface area (Å²) >= 11 is 0. The van der Waals surface area contributed by atoms with E-state index >= 15 is 0 Å². The molecular formula is C60H114O6. The fourth-order valence-corrected chi connectivity index (χ4v) is 9.04. The SMILES string of the molecule is CCC/C=C\CCCCCCCC(=O)OC(COC(=O)CCCCCCCCC)COC(=O)CCCCCCCCCCCCCCCCCCCCCCCCCCCCCCCCC. The highest BCUT2D eigenvalue weighted by molar-refractivity contribution is 5.71. The number of ether oxygens (including phenoxy) is 3. The standard InChI is InChI=1S/C60H114O6/c1-4-7-10-13-16-18-20-21-22-23-24-25-26-27-28-29-30-31-32-33-34-35-36-37-38-39-40-42-44-47-50-53-59(62)65-56-57(55-64-58(61)52-49-46-43-15-12-9-6-3)66-60(63)54-51-48-45-41-19-17-14-11-8-5-2/h11,14,57H,4-10,12-13,15-56H2,1-3H3/b14-11-. The van der Waals surface area contributed by atoms with Gasteiger partial charge in [-0.05, 0) is 38.5 Å². The van der Waals surface area contributed by atoms with Crippen molar-refractivity contribution in [1.29, 1.82) is 0 Å². The Morgan fingerprint density at radius 2 is 0.530 bits per heavy atom. The van der Waals surface area contributed by atoms with Crippen LogP contribution in [-0.2, 0) is 28.6 Å². The summed E-state index contributed by atoms with van der Waals surface area (Å²) in [5.74, 6) is -0.870. The van der Waals surface area contributed by atoms with Crippen LogP contribution < -0.4 is 0 Å². The lowest BCUT2D eigenvalue weighted by Gasteiger charge is -2.18. The quantitative estimate of drug-likeness (QED) is 0.0262. The molecule has 0 aromatic carbocycles. The minimum atomic E-state index is -0.766. The first-order chi connectivity index (χ1) is 32.5. The van der Waals surface area contributed by atoms with E-state index in [0.717, 1.165) is 70.6 Å². The van der Waals surface area contributed by atoms with E-state index in [1.54, 1.807) is 0 Å². The molecule has 390 valence electrons. The molecular weight excluding hydrogens is 817 g/mol. The molecule has 66 heavy (non-hydrogen) atoms. The highest BCUT2D eigenvalue weighted by Crippen LogP contribution is 2.18. The molecule has 6 nitrogen and oxygen atoms in total. The van der Waals surface area contributed by atoms with E-state index in [2.05, 4.69) is 32.9 Å². The van der Waals surface area contributed by atoms with Gasteiger partial charge in [-0.25, -0.2) is 0 Å². The maximum Gasteiger partial charge on any atom is 0.306 e. The molecule has 0 rings (SSSR count). The first kappa shape index (κ1) is 64.2. The number of allylic oxidation sites excluding steroid dienone is 2. The Morgan fingerprint density at radius 1 is 0.288 bits per heavy atom. The Bertz CT molecular complexity index is 1020. The molecule has 0 amide bonds. The summed E-state index contributed by atoms with van der Waals surface area (Å²) in [6, 6.07) is 0. The molecule has 0 spiro atoms. The summed E-state index contributed by atoms with van der Waals surface area (Å²) in [5, 5.41) is 0. The maximum atomic E-state index is 12.7. The number of hydrogen-bond donors (Lipinski definition) is 0. The van der Waals surface area contributed by atoms with E-state index in [-0.39, 0.29) is 31.1 Å². The van der Waals surface area contributed by atoms with Crippen molar-refractivity contribution < 1.29 is 28.6 Å². The van der Waals surface area contributed by atoms with Crippen LogP contribution in [-0.4, -0.2) is 37.2 Å². The van der Waals surface area contributed by atoms with Gasteiger partial charge in [0.05, 0.1) is 0 Å². The summed E-state index contributed by atoms with van der Waals surface area (Å²) in [5.41, 5.74) is 0. The molecule has 1 atom stereocenters. The van der Waals surface area contributed by atoms with Gasteiger partial charge in [-0.15, -0.1) is 0 Å². The van der Waals surface area contributed by atoms with Gasteiger partial charge in [-0.3, -0.25) is 14.4 Å². The van der Waals surface area contributed by atoms with Gasteiger partial charge < -0.3 is 14.2 Å². The minimum Gasteiger partial charge on any atom is -0.462 e. The number of esters is 3. The molecule has 0 aliphatic carbocycles. The zero-order chi connectivity index (χ0) is 47.9. The van der Waals surface area contributed by atoms with Crippen molar-refractivity contribution in [3.8, 4) is 0 Å². The van der Waals surface area contributed by atoms with Crippen LogP contribution in [0.4, 0.5) is 0 Å². The van der Waals surface area contributed by atoms with E-state index in [1.807, 2.05) is 0 Å².